The molecule has 26 heavy (non-hydrogen) atoms. The van der Waals surface area contributed by atoms with E-state index in [0.717, 1.165) is 22.0 Å². The molecule has 1 aliphatic rings. The van der Waals surface area contributed by atoms with Gasteiger partial charge in [-0.05, 0) is 44.4 Å². The lowest BCUT2D eigenvalue weighted by molar-refractivity contribution is -0.120. The predicted octanol–water partition coefficient (Wildman–Crippen LogP) is 2.27. The number of sulfone groups is 1. The largest absolute Gasteiger partial charge is 0.351 e. The molecule has 1 fully saturated rings. The van der Waals surface area contributed by atoms with Crippen molar-refractivity contribution in [2.75, 3.05) is 11.5 Å². The van der Waals surface area contributed by atoms with Crippen LogP contribution < -0.4 is 5.32 Å². The summed E-state index contributed by atoms with van der Waals surface area (Å²) in [5, 5.41) is 3.22. The highest BCUT2D eigenvalue weighted by Crippen LogP contribution is 2.27. The van der Waals surface area contributed by atoms with E-state index in [1.807, 2.05) is 31.5 Å². The molecule has 1 saturated heterocycles. The van der Waals surface area contributed by atoms with Gasteiger partial charge in [-0.2, -0.15) is 0 Å². The number of aromatic nitrogens is 2. The van der Waals surface area contributed by atoms with Crippen LogP contribution in [0, 0.1) is 13.8 Å². The average molecular weight is 394 g/mol. The topological polar surface area (TPSA) is 81.1 Å². The van der Waals surface area contributed by atoms with Crippen LogP contribution in [0.2, 0.25) is 0 Å². The maximum Gasteiger partial charge on any atom is 0.233 e. The van der Waals surface area contributed by atoms with Crippen LogP contribution in [-0.4, -0.2) is 46.7 Å². The Morgan fingerprint density at radius 3 is 2.85 bits per heavy atom. The fourth-order valence-corrected chi connectivity index (χ4v) is 5.54. The van der Waals surface area contributed by atoms with E-state index in [1.54, 1.807) is 6.20 Å². The molecule has 0 saturated carbocycles. The summed E-state index contributed by atoms with van der Waals surface area (Å²) in [7, 11) is -3.01. The second-order valence-corrected chi connectivity index (χ2v) is 10.3. The lowest BCUT2D eigenvalue weighted by Gasteiger charge is -2.17. The zero-order valence-corrected chi connectivity index (χ0v) is 16.7. The number of amides is 1. The van der Waals surface area contributed by atoms with E-state index >= 15 is 0 Å². The van der Waals surface area contributed by atoms with Gasteiger partial charge in [0.25, 0.3) is 0 Å². The zero-order valence-electron chi connectivity index (χ0n) is 15.1. The predicted molar refractivity (Wildman–Crippen MR) is 104 cm³/mol. The number of rotatable bonds is 5. The van der Waals surface area contributed by atoms with Gasteiger partial charge in [0.2, 0.25) is 5.91 Å². The maximum absolute atomic E-state index is 12.4. The summed E-state index contributed by atoms with van der Waals surface area (Å²) in [4.78, 5) is 16.8. The second kappa shape index (κ2) is 7.44. The number of carbonyl (C=O) groups excluding carboxylic acids is 1. The molecule has 0 bridgehead atoms. The van der Waals surface area contributed by atoms with Crippen LogP contribution in [0.25, 0.3) is 5.69 Å². The first kappa shape index (κ1) is 19.0. The summed E-state index contributed by atoms with van der Waals surface area (Å²) in [5.74, 6) is 0.0247. The minimum Gasteiger partial charge on any atom is -0.351 e. The molecule has 6 nitrogen and oxygen atoms in total. The van der Waals surface area contributed by atoms with E-state index in [9.17, 15) is 13.2 Å². The number of carbonyl (C=O) groups is 1. The summed E-state index contributed by atoms with van der Waals surface area (Å²) in [5.41, 5.74) is 3.33. The van der Waals surface area contributed by atoms with E-state index in [-0.39, 0.29) is 28.7 Å². The molecule has 2 atom stereocenters. The third-order valence-corrected chi connectivity index (χ3v) is 7.31. The Hall–Kier alpha value is -1.80. The monoisotopic (exact) mass is 393 g/mol. The molecule has 3 rings (SSSR count). The van der Waals surface area contributed by atoms with Crippen molar-refractivity contribution in [3.63, 3.8) is 0 Å². The molecule has 0 unspecified atom stereocenters. The summed E-state index contributed by atoms with van der Waals surface area (Å²) >= 11 is 1.37. The second-order valence-electron chi connectivity index (χ2n) is 6.74. The molecule has 0 radical (unpaired) electrons. The van der Waals surface area contributed by atoms with Gasteiger partial charge in [0.05, 0.1) is 22.4 Å². The molecule has 1 aromatic carbocycles. The molecule has 0 aliphatic carbocycles. The summed E-state index contributed by atoms with van der Waals surface area (Å²) in [6.07, 6.45) is 4.10. The van der Waals surface area contributed by atoms with E-state index in [4.69, 9.17) is 0 Å². The number of nitrogens with one attached hydrogen (secondary N) is 1. The van der Waals surface area contributed by atoms with Gasteiger partial charge < -0.3 is 5.32 Å². The highest BCUT2D eigenvalue weighted by atomic mass is 32.2. The Kier molecular flexibility index (Phi) is 5.43. The Morgan fingerprint density at radius 2 is 2.15 bits per heavy atom. The molecule has 0 spiro atoms. The van der Waals surface area contributed by atoms with Crippen LogP contribution in [0.15, 0.2) is 35.7 Å². The van der Waals surface area contributed by atoms with Gasteiger partial charge in [0.15, 0.2) is 15.0 Å². The van der Waals surface area contributed by atoms with E-state index < -0.39 is 9.84 Å². The third-order valence-electron chi connectivity index (χ3n) is 4.46. The Morgan fingerprint density at radius 1 is 1.38 bits per heavy atom. The van der Waals surface area contributed by atoms with Gasteiger partial charge in [-0.15, -0.1) is 0 Å². The van der Waals surface area contributed by atoms with Gasteiger partial charge in [0, 0.05) is 18.4 Å². The van der Waals surface area contributed by atoms with Crippen molar-refractivity contribution in [1.82, 2.24) is 14.9 Å². The lowest BCUT2D eigenvalue weighted by Crippen LogP contribution is -2.40. The molecule has 2 aromatic rings. The number of hydrogen-bond acceptors (Lipinski definition) is 5. The fraction of sp³-hybridized carbons (Fsp3) is 0.444. The Bertz CT molecular complexity index is 922. The first-order chi connectivity index (χ1) is 12.2. The van der Waals surface area contributed by atoms with Crippen LogP contribution in [0.4, 0.5) is 0 Å². The van der Waals surface area contributed by atoms with Crippen LogP contribution in [0.5, 0.6) is 0 Å². The Labute approximate surface area is 158 Å². The molecule has 1 aromatic heterocycles. The molecule has 8 heteroatoms. The van der Waals surface area contributed by atoms with Crippen LogP contribution in [0.1, 0.15) is 24.5 Å². The van der Waals surface area contributed by atoms with Crippen LogP contribution in [0.3, 0.4) is 0 Å². The van der Waals surface area contributed by atoms with Crippen molar-refractivity contribution in [1.29, 1.82) is 0 Å². The molecule has 2 heterocycles. The van der Waals surface area contributed by atoms with E-state index in [0.29, 0.717) is 6.42 Å². The molecule has 1 amide bonds. The molecule has 1 N–H and O–H groups in total. The number of nitrogens with zero attached hydrogens (tertiary/aromatic N) is 2. The highest BCUT2D eigenvalue weighted by molar-refractivity contribution is 8.00. The average Bonchev–Trinajstić information content (AvgIpc) is 3.15. The number of imidazole rings is 1. The third kappa shape index (κ3) is 4.29. The van der Waals surface area contributed by atoms with Crippen molar-refractivity contribution >= 4 is 27.5 Å². The lowest BCUT2D eigenvalue weighted by atomic mass is 10.1. The van der Waals surface area contributed by atoms with Crippen molar-refractivity contribution in [3.8, 4) is 5.69 Å². The SMILES string of the molecule is Cc1ccc(C)c(-n2ccnc2S[C@H](C)C(=O)N[C@H]2CCS(=O)(=O)C2)c1. The summed E-state index contributed by atoms with van der Waals surface area (Å²) in [6.45, 7) is 5.89. The van der Waals surface area contributed by atoms with Gasteiger partial charge in [-0.1, -0.05) is 23.9 Å². The fourth-order valence-electron chi connectivity index (χ4n) is 2.98. The van der Waals surface area contributed by atoms with Gasteiger partial charge in [0.1, 0.15) is 0 Å². The molecular formula is C18H23N3O3S2. The first-order valence-electron chi connectivity index (χ1n) is 8.53. The molecule has 140 valence electrons. The van der Waals surface area contributed by atoms with Crippen LogP contribution in [-0.2, 0) is 14.6 Å². The first-order valence-corrected chi connectivity index (χ1v) is 11.2. The maximum atomic E-state index is 12.4. The minimum atomic E-state index is -3.01. The van der Waals surface area contributed by atoms with Crippen molar-refractivity contribution in [3.05, 3.63) is 41.7 Å². The zero-order chi connectivity index (χ0) is 18.9. The molecular weight excluding hydrogens is 370 g/mol. The minimum absolute atomic E-state index is 0.0350. The van der Waals surface area contributed by atoms with Crippen molar-refractivity contribution < 1.29 is 13.2 Å². The number of aryl methyl sites for hydroxylation is 2. The molecule has 1 aliphatic heterocycles. The van der Waals surface area contributed by atoms with Crippen LogP contribution >= 0.6 is 11.8 Å². The van der Waals surface area contributed by atoms with Crippen molar-refractivity contribution in [2.24, 2.45) is 0 Å². The van der Waals surface area contributed by atoms with E-state index in [2.05, 4.69) is 28.5 Å². The van der Waals surface area contributed by atoms with Gasteiger partial charge in [-0.3, -0.25) is 9.36 Å². The quantitative estimate of drug-likeness (QED) is 0.788. The van der Waals surface area contributed by atoms with Gasteiger partial charge in [-0.25, -0.2) is 13.4 Å². The number of benzene rings is 1. The standard InChI is InChI=1S/C18H23N3O3S2/c1-12-4-5-13(2)16(10-12)21-8-7-19-18(21)25-14(3)17(22)20-15-6-9-26(23,24)11-15/h4-5,7-8,10,14-15H,6,9,11H2,1-3H3,(H,20,22)/t14-,15+/m1/s1. The smallest absolute Gasteiger partial charge is 0.233 e. The summed E-state index contributed by atoms with van der Waals surface area (Å²) in [6, 6.07) is 5.94. The Balaban J connectivity index is 1.71. The number of hydrogen-bond donors (Lipinski definition) is 1. The van der Waals surface area contributed by atoms with Crippen molar-refractivity contribution in [2.45, 2.75) is 43.6 Å². The highest BCUT2D eigenvalue weighted by Gasteiger charge is 2.30. The normalized spacial score (nSPS) is 20.0. The number of thioether (sulfide) groups is 1. The summed E-state index contributed by atoms with van der Waals surface area (Å²) < 4.78 is 25.1. The van der Waals surface area contributed by atoms with Gasteiger partial charge >= 0.3 is 0 Å². The van der Waals surface area contributed by atoms with E-state index in [1.165, 1.54) is 11.8 Å².